The lowest BCUT2D eigenvalue weighted by Gasteiger charge is -2.21. The van der Waals surface area contributed by atoms with Crippen LogP contribution in [0.25, 0.3) is 11.1 Å². The van der Waals surface area contributed by atoms with Crippen molar-refractivity contribution < 1.29 is 13.2 Å². The van der Waals surface area contributed by atoms with Crippen molar-refractivity contribution in [2.75, 3.05) is 13.1 Å². The largest absolute Gasteiger partial charge is 0.281 e. The molecule has 0 atom stereocenters. The highest BCUT2D eigenvalue weighted by Gasteiger charge is 2.22. The molecule has 2 rings (SSSR count). The Balaban J connectivity index is 2.12. The van der Waals surface area contributed by atoms with E-state index < -0.39 is 10.0 Å². The molecule has 0 spiro atoms. The van der Waals surface area contributed by atoms with Crippen molar-refractivity contribution in [3.63, 3.8) is 0 Å². The highest BCUT2D eigenvalue weighted by Crippen LogP contribution is 2.24. The molecule has 4 nitrogen and oxygen atoms in total. The molecule has 0 amide bonds. The van der Waals surface area contributed by atoms with Gasteiger partial charge in [0.05, 0.1) is 4.90 Å². The summed E-state index contributed by atoms with van der Waals surface area (Å²) in [7, 11) is -3.45. The summed E-state index contributed by atoms with van der Waals surface area (Å²) in [6.45, 7) is 5.04. The van der Waals surface area contributed by atoms with Gasteiger partial charge in [-0.3, -0.25) is 4.79 Å². The molecule has 0 unspecified atom stereocenters. The minimum atomic E-state index is -3.45. The first-order valence-electron chi connectivity index (χ1n) is 9.76. The van der Waals surface area contributed by atoms with E-state index in [9.17, 15) is 13.2 Å². The number of halogens is 1. The second-order valence-electron chi connectivity index (χ2n) is 6.83. The zero-order valence-corrected chi connectivity index (χ0v) is 18.1. The molecular weight excluding hydrogens is 394 g/mol. The Bertz CT molecular complexity index is 856. The van der Waals surface area contributed by atoms with E-state index in [1.54, 1.807) is 16.4 Å². The van der Waals surface area contributed by atoms with Crippen LogP contribution in [0.15, 0.2) is 53.4 Å². The Morgan fingerprint density at radius 3 is 1.86 bits per heavy atom. The van der Waals surface area contributed by atoms with E-state index in [1.165, 1.54) is 0 Å². The van der Waals surface area contributed by atoms with Crippen LogP contribution in [-0.4, -0.2) is 31.1 Å². The third kappa shape index (κ3) is 6.16. The van der Waals surface area contributed by atoms with Gasteiger partial charge in [0.2, 0.25) is 15.3 Å². The smallest absolute Gasteiger partial charge is 0.243 e. The normalized spacial score (nSPS) is 11.7. The first-order chi connectivity index (χ1) is 13.4. The van der Waals surface area contributed by atoms with Gasteiger partial charge in [0, 0.05) is 19.5 Å². The van der Waals surface area contributed by atoms with Crippen molar-refractivity contribution in [3.8, 4) is 11.1 Å². The molecular formula is C22H28ClNO3S. The maximum atomic E-state index is 12.8. The zero-order valence-electron chi connectivity index (χ0n) is 16.5. The van der Waals surface area contributed by atoms with Gasteiger partial charge in [0.1, 0.15) is 0 Å². The summed E-state index contributed by atoms with van der Waals surface area (Å²) in [4.78, 5) is 11.1. The minimum Gasteiger partial charge on any atom is -0.281 e. The van der Waals surface area contributed by atoms with E-state index >= 15 is 0 Å². The molecule has 28 heavy (non-hydrogen) atoms. The second kappa shape index (κ2) is 10.7. The number of hydrogen-bond acceptors (Lipinski definition) is 3. The van der Waals surface area contributed by atoms with E-state index in [1.807, 2.05) is 50.2 Å². The lowest BCUT2D eigenvalue weighted by Crippen LogP contribution is -2.32. The fourth-order valence-corrected chi connectivity index (χ4v) is 4.87. The molecule has 6 heteroatoms. The molecule has 0 saturated heterocycles. The molecule has 2 aromatic carbocycles. The van der Waals surface area contributed by atoms with Crippen molar-refractivity contribution in [1.82, 2.24) is 4.31 Å². The van der Waals surface area contributed by atoms with Crippen LogP contribution in [0, 0.1) is 0 Å². The molecule has 0 aliphatic carbocycles. The maximum absolute atomic E-state index is 12.8. The number of aryl methyl sites for hydroxylation is 1. The molecule has 0 heterocycles. The van der Waals surface area contributed by atoms with Crippen LogP contribution in [0.5, 0.6) is 0 Å². The monoisotopic (exact) mass is 421 g/mol. The van der Waals surface area contributed by atoms with Gasteiger partial charge in [-0.1, -0.05) is 50.2 Å². The minimum absolute atomic E-state index is 0.303. The first kappa shape index (κ1) is 22.6. The maximum Gasteiger partial charge on any atom is 0.243 e. The molecule has 0 bridgehead atoms. The van der Waals surface area contributed by atoms with Gasteiger partial charge >= 0.3 is 0 Å². The molecule has 0 saturated carbocycles. The Kier molecular flexibility index (Phi) is 8.67. The van der Waals surface area contributed by atoms with Crippen molar-refractivity contribution in [1.29, 1.82) is 0 Å². The third-order valence-corrected chi connectivity index (χ3v) is 6.67. The predicted molar refractivity (Wildman–Crippen MR) is 115 cm³/mol. The van der Waals surface area contributed by atoms with Gasteiger partial charge in [-0.25, -0.2) is 8.42 Å². The summed E-state index contributed by atoms with van der Waals surface area (Å²) in [5, 5.41) is -0.303. The molecule has 0 aliphatic heterocycles. The Morgan fingerprint density at radius 2 is 1.39 bits per heavy atom. The van der Waals surface area contributed by atoms with Gasteiger partial charge in [-0.05, 0) is 66.1 Å². The van der Waals surface area contributed by atoms with Crippen LogP contribution in [0.1, 0.15) is 45.1 Å². The Labute approximate surface area is 173 Å². The lowest BCUT2D eigenvalue weighted by molar-refractivity contribution is -0.111. The highest BCUT2D eigenvalue weighted by atomic mass is 35.5. The van der Waals surface area contributed by atoms with Crippen molar-refractivity contribution in [2.45, 2.75) is 50.8 Å². The van der Waals surface area contributed by atoms with E-state index in [-0.39, 0.29) is 5.24 Å². The van der Waals surface area contributed by atoms with Gasteiger partial charge in [-0.2, -0.15) is 4.31 Å². The SMILES string of the molecule is CCCN(CCC)S(=O)(=O)c1ccc(-c2ccc(CCCC(=O)Cl)cc2)cc1. The van der Waals surface area contributed by atoms with E-state index in [0.29, 0.717) is 24.4 Å². The van der Waals surface area contributed by atoms with E-state index in [0.717, 1.165) is 42.4 Å². The Hall–Kier alpha value is -1.69. The molecule has 0 aromatic heterocycles. The molecule has 0 aliphatic rings. The van der Waals surface area contributed by atoms with Crippen molar-refractivity contribution in [3.05, 3.63) is 54.1 Å². The predicted octanol–water partition coefficient (Wildman–Crippen LogP) is 5.25. The zero-order chi connectivity index (χ0) is 20.6. The van der Waals surface area contributed by atoms with Crippen LogP contribution in [0.4, 0.5) is 0 Å². The van der Waals surface area contributed by atoms with Crippen molar-refractivity contribution >= 4 is 26.9 Å². The van der Waals surface area contributed by atoms with E-state index in [2.05, 4.69) is 0 Å². The average molecular weight is 422 g/mol. The molecule has 2 aromatic rings. The average Bonchev–Trinajstić information content (AvgIpc) is 2.68. The lowest BCUT2D eigenvalue weighted by atomic mass is 10.0. The van der Waals surface area contributed by atoms with Gasteiger partial charge in [0.15, 0.2) is 0 Å². The summed E-state index contributed by atoms with van der Waals surface area (Å²) in [5.74, 6) is 0. The summed E-state index contributed by atoms with van der Waals surface area (Å²) < 4.78 is 27.2. The molecule has 0 radical (unpaired) electrons. The second-order valence-corrected chi connectivity index (χ2v) is 9.19. The van der Waals surface area contributed by atoms with Crippen LogP contribution in [-0.2, 0) is 21.2 Å². The van der Waals surface area contributed by atoms with Gasteiger partial charge in [-0.15, -0.1) is 0 Å². The van der Waals surface area contributed by atoms with Gasteiger partial charge in [0.25, 0.3) is 0 Å². The number of carbonyl (C=O) groups is 1. The topological polar surface area (TPSA) is 54.5 Å². The summed E-state index contributed by atoms with van der Waals surface area (Å²) in [6, 6.07) is 15.2. The van der Waals surface area contributed by atoms with Crippen LogP contribution < -0.4 is 0 Å². The molecule has 0 N–H and O–H groups in total. The standard InChI is InChI=1S/C22H28ClNO3S/c1-3-16-24(17-4-2)28(26,27)21-14-12-20(13-15-21)19-10-8-18(9-11-19)6-5-7-22(23)25/h8-15H,3-7,16-17H2,1-2H3. The summed E-state index contributed by atoms with van der Waals surface area (Å²) in [6.07, 6.45) is 3.51. The third-order valence-electron chi connectivity index (χ3n) is 4.56. The number of carbonyl (C=O) groups excluding carboxylic acids is 1. The van der Waals surface area contributed by atoms with Gasteiger partial charge < -0.3 is 0 Å². The summed E-state index contributed by atoms with van der Waals surface area (Å²) >= 11 is 5.36. The molecule has 152 valence electrons. The first-order valence-corrected chi connectivity index (χ1v) is 11.6. The van der Waals surface area contributed by atoms with E-state index in [4.69, 9.17) is 11.6 Å². The number of hydrogen-bond donors (Lipinski definition) is 0. The van der Waals surface area contributed by atoms with Crippen LogP contribution in [0.2, 0.25) is 0 Å². The van der Waals surface area contributed by atoms with Crippen molar-refractivity contribution in [2.24, 2.45) is 0 Å². The van der Waals surface area contributed by atoms with Crippen LogP contribution >= 0.6 is 11.6 Å². The number of sulfonamides is 1. The summed E-state index contributed by atoms with van der Waals surface area (Å²) in [5.41, 5.74) is 3.15. The fourth-order valence-electron chi connectivity index (χ4n) is 3.11. The fraction of sp³-hybridized carbons (Fsp3) is 0.409. The highest BCUT2D eigenvalue weighted by molar-refractivity contribution is 7.89. The number of benzene rings is 2. The van der Waals surface area contributed by atoms with Crippen LogP contribution in [0.3, 0.4) is 0 Å². The Morgan fingerprint density at radius 1 is 0.893 bits per heavy atom. The number of nitrogens with zero attached hydrogens (tertiary/aromatic N) is 1. The quantitative estimate of drug-likeness (QED) is 0.465. The number of rotatable bonds is 11. The molecule has 0 fully saturated rings.